The number of benzene rings is 1. The minimum absolute atomic E-state index is 0.323. The summed E-state index contributed by atoms with van der Waals surface area (Å²) in [6, 6.07) is 6.66. The van der Waals surface area contributed by atoms with Crippen LogP contribution in [0.3, 0.4) is 0 Å². The van der Waals surface area contributed by atoms with Crippen LogP contribution in [0.15, 0.2) is 41.6 Å². The van der Waals surface area contributed by atoms with E-state index in [4.69, 9.17) is 4.74 Å². The molecule has 0 atom stereocenters. The molecule has 1 aromatic carbocycles. The smallest absolute Gasteiger partial charge is 0.243 e. The van der Waals surface area contributed by atoms with E-state index >= 15 is 0 Å². The maximum absolute atomic E-state index is 12.8. The second-order valence-electron chi connectivity index (χ2n) is 6.32. The van der Waals surface area contributed by atoms with Gasteiger partial charge in [0.2, 0.25) is 10.0 Å². The maximum atomic E-state index is 12.8. The molecule has 0 unspecified atom stereocenters. The van der Waals surface area contributed by atoms with Crippen LogP contribution >= 0.6 is 0 Å². The second kappa shape index (κ2) is 8.20. The summed E-state index contributed by atoms with van der Waals surface area (Å²) in [6.45, 7) is 8.72. The van der Waals surface area contributed by atoms with E-state index in [0.717, 1.165) is 32.0 Å². The predicted molar refractivity (Wildman–Crippen MR) is 99.8 cm³/mol. The molecule has 26 heavy (non-hydrogen) atoms. The number of nitrogens with zero attached hydrogens (tertiary/aromatic N) is 4. The Bertz CT molecular complexity index is 809. The summed E-state index contributed by atoms with van der Waals surface area (Å²) in [6.07, 6.45) is 3.78. The van der Waals surface area contributed by atoms with Gasteiger partial charge in [-0.05, 0) is 38.1 Å². The third-order valence-electron chi connectivity index (χ3n) is 4.68. The van der Waals surface area contributed by atoms with Crippen LogP contribution < -0.4 is 4.74 Å². The van der Waals surface area contributed by atoms with E-state index in [9.17, 15) is 8.42 Å². The molecule has 0 radical (unpaired) electrons. The zero-order valence-corrected chi connectivity index (χ0v) is 16.2. The lowest BCUT2D eigenvalue weighted by atomic mass is 10.3. The van der Waals surface area contributed by atoms with Crippen molar-refractivity contribution >= 4 is 10.0 Å². The third-order valence-corrected chi connectivity index (χ3v) is 6.60. The van der Waals surface area contributed by atoms with Crippen molar-refractivity contribution in [1.82, 2.24) is 18.8 Å². The van der Waals surface area contributed by atoms with Crippen LogP contribution in [0.1, 0.15) is 12.7 Å². The van der Waals surface area contributed by atoms with Crippen molar-refractivity contribution in [1.29, 1.82) is 0 Å². The number of sulfonamides is 1. The first-order valence-electron chi connectivity index (χ1n) is 8.94. The van der Waals surface area contributed by atoms with E-state index in [1.807, 2.05) is 20.0 Å². The average Bonchev–Trinajstić information content (AvgIpc) is 3.06. The van der Waals surface area contributed by atoms with Gasteiger partial charge >= 0.3 is 0 Å². The fourth-order valence-electron chi connectivity index (χ4n) is 3.11. The van der Waals surface area contributed by atoms with E-state index in [1.54, 1.807) is 34.8 Å². The molecule has 1 saturated heterocycles. The third kappa shape index (κ3) is 4.25. The fraction of sp³-hybridized carbons (Fsp3) is 0.500. The molecule has 7 nitrogen and oxygen atoms in total. The number of imidazole rings is 1. The Labute approximate surface area is 155 Å². The molecule has 0 spiro atoms. The number of hydrogen-bond acceptors (Lipinski definition) is 5. The van der Waals surface area contributed by atoms with Crippen molar-refractivity contribution in [3.63, 3.8) is 0 Å². The van der Waals surface area contributed by atoms with E-state index in [2.05, 4.69) is 14.5 Å². The summed E-state index contributed by atoms with van der Waals surface area (Å²) in [5.74, 6) is 1.69. The summed E-state index contributed by atoms with van der Waals surface area (Å²) in [5.41, 5.74) is 0. The molecule has 3 rings (SSSR count). The Kier molecular flexibility index (Phi) is 5.95. The van der Waals surface area contributed by atoms with Gasteiger partial charge < -0.3 is 9.30 Å². The Hall–Kier alpha value is -1.90. The molecule has 8 heteroatoms. The van der Waals surface area contributed by atoms with Crippen LogP contribution in [0.25, 0.3) is 0 Å². The number of hydrogen-bond donors (Lipinski definition) is 0. The molecular weight excluding hydrogens is 352 g/mol. The molecule has 2 aromatic rings. The Balaban J connectivity index is 1.55. The molecule has 0 saturated carbocycles. The number of aryl methyl sites for hydroxylation is 1. The summed E-state index contributed by atoms with van der Waals surface area (Å²) >= 11 is 0. The Morgan fingerprint density at radius 2 is 1.77 bits per heavy atom. The SMILES string of the molecule is CCOc1ccc(S(=O)(=O)N2CCN(CCn3ccnc3C)CC2)cc1. The molecule has 0 N–H and O–H groups in total. The standard InChI is InChI=1S/C18H26N4O3S/c1-3-25-17-4-6-18(7-5-17)26(23,24)22-14-11-20(12-15-22)10-13-21-9-8-19-16(21)2/h4-9H,3,10-15H2,1-2H3. The van der Waals surface area contributed by atoms with Gasteiger partial charge in [-0.2, -0.15) is 4.31 Å². The summed E-state index contributed by atoms with van der Waals surface area (Å²) in [4.78, 5) is 6.84. The Morgan fingerprint density at radius 3 is 2.35 bits per heavy atom. The van der Waals surface area contributed by atoms with Gasteiger partial charge in [0.1, 0.15) is 11.6 Å². The van der Waals surface area contributed by atoms with Crippen molar-refractivity contribution in [2.24, 2.45) is 0 Å². The number of piperazine rings is 1. The van der Waals surface area contributed by atoms with Gasteiger partial charge in [0.05, 0.1) is 11.5 Å². The van der Waals surface area contributed by atoms with Gasteiger partial charge in [0.15, 0.2) is 0 Å². The highest BCUT2D eigenvalue weighted by Crippen LogP contribution is 2.21. The minimum Gasteiger partial charge on any atom is -0.494 e. The molecule has 0 amide bonds. The fourth-order valence-corrected chi connectivity index (χ4v) is 4.53. The van der Waals surface area contributed by atoms with Crippen LogP contribution in [0.5, 0.6) is 5.75 Å². The lowest BCUT2D eigenvalue weighted by Gasteiger charge is -2.34. The topological polar surface area (TPSA) is 67.7 Å². The summed E-state index contributed by atoms with van der Waals surface area (Å²) in [5, 5.41) is 0. The van der Waals surface area contributed by atoms with E-state index < -0.39 is 10.0 Å². The monoisotopic (exact) mass is 378 g/mol. The molecular formula is C18H26N4O3S. The van der Waals surface area contributed by atoms with Gasteiger partial charge in [0, 0.05) is 51.7 Å². The first kappa shape index (κ1) is 18.9. The molecule has 0 bridgehead atoms. The van der Waals surface area contributed by atoms with Crippen molar-refractivity contribution in [2.75, 3.05) is 39.3 Å². The van der Waals surface area contributed by atoms with Crippen LogP contribution in [0, 0.1) is 6.92 Å². The number of rotatable bonds is 7. The van der Waals surface area contributed by atoms with Crippen molar-refractivity contribution in [3.05, 3.63) is 42.5 Å². The van der Waals surface area contributed by atoms with Crippen LogP contribution in [0.2, 0.25) is 0 Å². The highest BCUT2D eigenvalue weighted by molar-refractivity contribution is 7.89. The van der Waals surface area contributed by atoms with Crippen molar-refractivity contribution < 1.29 is 13.2 Å². The van der Waals surface area contributed by atoms with Crippen LogP contribution in [0.4, 0.5) is 0 Å². The van der Waals surface area contributed by atoms with E-state index in [-0.39, 0.29) is 0 Å². The number of aromatic nitrogens is 2. The molecule has 1 aromatic heterocycles. The summed E-state index contributed by atoms with van der Waals surface area (Å²) < 4.78 is 34.7. The largest absolute Gasteiger partial charge is 0.494 e. The van der Waals surface area contributed by atoms with Gasteiger partial charge in [-0.25, -0.2) is 13.4 Å². The van der Waals surface area contributed by atoms with Gasteiger partial charge in [-0.3, -0.25) is 4.90 Å². The zero-order chi connectivity index (χ0) is 18.6. The van der Waals surface area contributed by atoms with Gasteiger partial charge in [-0.15, -0.1) is 0 Å². The van der Waals surface area contributed by atoms with E-state index in [0.29, 0.717) is 30.3 Å². The van der Waals surface area contributed by atoms with Crippen molar-refractivity contribution in [3.8, 4) is 5.75 Å². The van der Waals surface area contributed by atoms with Gasteiger partial charge in [-0.1, -0.05) is 0 Å². The first-order valence-corrected chi connectivity index (χ1v) is 10.4. The molecule has 0 aliphatic carbocycles. The van der Waals surface area contributed by atoms with Crippen molar-refractivity contribution in [2.45, 2.75) is 25.3 Å². The Morgan fingerprint density at radius 1 is 1.08 bits per heavy atom. The molecule has 2 heterocycles. The van der Waals surface area contributed by atoms with Crippen LogP contribution in [-0.2, 0) is 16.6 Å². The highest BCUT2D eigenvalue weighted by Gasteiger charge is 2.28. The quantitative estimate of drug-likeness (QED) is 0.732. The highest BCUT2D eigenvalue weighted by atomic mass is 32.2. The second-order valence-corrected chi connectivity index (χ2v) is 8.26. The number of ether oxygens (including phenoxy) is 1. The predicted octanol–water partition coefficient (Wildman–Crippen LogP) is 1.60. The molecule has 1 aliphatic rings. The average molecular weight is 378 g/mol. The first-order chi connectivity index (χ1) is 12.5. The van der Waals surface area contributed by atoms with E-state index in [1.165, 1.54) is 0 Å². The zero-order valence-electron chi connectivity index (χ0n) is 15.3. The van der Waals surface area contributed by atoms with Gasteiger partial charge in [0.25, 0.3) is 0 Å². The lowest BCUT2D eigenvalue weighted by molar-refractivity contribution is 0.182. The molecule has 1 fully saturated rings. The molecule has 1 aliphatic heterocycles. The molecule has 142 valence electrons. The minimum atomic E-state index is -3.45. The van der Waals surface area contributed by atoms with Crippen LogP contribution in [-0.4, -0.2) is 66.5 Å². The lowest BCUT2D eigenvalue weighted by Crippen LogP contribution is -2.49. The maximum Gasteiger partial charge on any atom is 0.243 e. The summed E-state index contributed by atoms with van der Waals surface area (Å²) in [7, 11) is -3.45. The normalized spacial score (nSPS) is 16.7.